The zero-order valence-corrected chi connectivity index (χ0v) is 20.1. The van der Waals surface area contributed by atoms with E-state index < -0.39 is 5.92 Å². The van der Waals surface area contributed by atoms with Gasteiger partial charge < -0.3 is 14.6 Å². The Morgan fingerprint density at radius 1 is 1.18 bits per heavy atom. The highest BCUT2D eigenvalue weighted by Gasteiger charge is 2.33. The molecule has 6 nitrogen and oxygen atoms in total. The number of hydrogen-bond acceptors (Lipinski definition) is 5. The van der Waals surface area contributed by atoms with Gasteiger partial charge in [0.25, 0.3) is 5.56 Å². The summed E-state index contributed by atoms with van der Waals surface area (Å²) in [7, 11) is 1.84. The van der Waals surface area contributed by atoms with Gasteiger partial charge in [0.05, 0.1) is 12.2 Å². The van der Waals surface area contributed by atoms with E-state index in [4.69, 9.17) is 4.74 Å². The Hall–Kier alpha value is -3.06. The monoisotopic (exact) mass is 463 g/mol. The van der Waals surface area contributed by atoms with Crippen molar-refractivity contribution in [3.8, 4) is 5.75 Å². The number of unbranched alkanes of at least 4 members (excludes halogenated alkanes) is 1. The second kappa shape index (κ2) is 10.3. The van der Waals surface area contributed by atoms with Crippen LogP contribution in [0.3, 0.4) is 0 Å². The highest BCUT2D eigenvalue weighted by Crippen LogP contribution is 2.39. The molecule has 0 saturated heterocycles. The lowest BCUT2D eigenvalue weighted by molar-refractivity contribution is -0.116. The maximum absolute atomic E-state index is 13.2. The van der Waals surface area contributed by atoms with Crippen LogP contribution in [0, 0.1) is 6.92 Å². The van der Waals surface area contributed by atoms with Crippen LogP contribution in [0.1, 0.15) is 54.4 Å². The fourth-order valence-corrected chi connectivity index (χ4v) is 5.01. The summed E-state index contributed by atoms with van der Waals surface area (Å²) in [6, 6.07) is 15.9. The summed E-state index contributed by atoms with van der Waals surface area (Å²) in [5.41, 5.74) is 3.41. The number of carbonyl (C=O) groups is 1. The maximum Gasteiger partial charge on any atom is 0.279 e. The van der Waals surface area contributed by atoms with Crippen molar-refractivity contribution in [2.45, 2.75) is 49.9 Å². The van der Waals surface area contributed by atoms with Gasteiger partial charge in [-0.25, -0.2) is 0 Å². The van der Waals surface area contributed by atoms with Gasteiger partial charge in [-0.2, -0.15) is 4.98 Å². The van der Waals surface area contributed by atoms with E-state index in [1.54, 1.807) is 0 Å². The molecule has 2 aromatic carbocycles. The summed E-state index contributed by atoms with van der Waals surface area (Å²) in [5.74, 6) is 1.41. The van der Waals surface area contributed by atoms with Gasteiger partial charge in [0.2, 0.25) is 5.91 Å². The van der Waals surface area contributed by atoms with Gasteiger partial charge in [0.1, 0.15) is 11.6 Å². The Morgan fingerprint density at radius 3 is 2.79 bits per heavy atom. The van der Waals surface area contributed by atoms with Crippen LogP contribution in [0.2, 0.25) is 0 Å². The van der Waals surface area contributed by atoms with Crippen molar-refractivity contribution in [1.82, 2.24) is 9.55 Å². The molecule has 1 atom stereocenters. The maximum atomic E-state index is 13.2. The van der Waals surface area contributed by atoms with Gasteiger partial charge in [0, 0.05) is 30.7 Å². The average Bonchev–Trinajstić information content (AvgIpc) is 2.80. The van der Waals surface area contributed by atoms with Crippen LogP contribution in [-0.4, -0.2) is 22.1 Å². The lowest BCUT2D eigenvalue weighted by Crippen LogP contribution is -2.33. The SMILES string of the molecule is CCCCOc1ccccc1C1CC(=O)Nc2c1c(=O)nc(SCc1cccc(C)c1)n2C. The van der Waals surface area contributed by atoms with E-state index in [1.807, 2.05) is 41.9 Å². The van der Waals surface area contributed by atoms with Crippen LogP contribution in [0.25, 0.3) is 0 Å². The molecule has 1 aromatic heterocycles. The van der Waals surface area contributed by atoms with Gasteiger partial charge in [-0.3, -0.25) is 9.59 Å². The van der Waals surface area contributed by atoms with Gasteiger partial charge in [-0.15, -0.1) is 0 Å². The third-order valence-corrected chi connectivity index (χ3v) is 6.90. The van der Waals surface area contributed by atoms with E-state index in [0.717, 1.165) is 29.7 Å². The number of rotatable bonds is 8. The highest BCUT2D eigenvalue weighted by atomic mass is 32.2. The lowest BCUT2D eigenvalue weighted by Gasteiger charge is -2.28. The lowest BCUT2D eigenvalue weighted by atomic mass is 9.86. The predicted molar refractivity (Wildman–Crippen MR) is 132 cm³/mol. The fourth-order valence-electron chi connectivity index (χ4n) is 4.11. The van der Waals surface area contributed by atoms with Gasteiger partial charge in [-0.1, -0.05) is 73.1 Å². The Balaban J connectivity index is 1.69. The number of para-hydroxylation sites is 1. The van der Waals surface area contributed by atoms with Crippen molar-refractivity contribution < 1.29 is 9.53 Å². The summed E-state index contributed by atoms with van der Waals surface area (Å²) in [5, 5.41) is 3.50. The molecule has 172 valence electrons. The number of fused-ring (bicyclic) bond motifs is 1. The molecule has 1 aliphatic rings. The smallest absolute Gasteiger partial charge is 0.279 e. The van der Waals surface area contributed by atoms with Crippen molar-refractivity contribution >= 4 is 23.5 Å². The molecule has 2 heterocycles. The minimum atomic E-state index is -0.395. The van der Waals surface area contributed by atoms with Crippen LogP contribution in [-0.2, 0) is 17.6 Å². The molecular formula is C26H29N3O3S. The molecular weight excluding hydrogens is 434 g/mol. The first-order chi connectivity index (χ1) is 16.0. The summed E-state index contributed by atoms with van der Waals surface area (Å²) in [6.45, 7) is 4.77. The third-order valence-electron chi connectivity index (χ3n) is 5.80. The van der Waals surface area contributed by atoms with E-state index in [0.29, 0.717) is 28.9 Å². The Labute approximate surface area is 198 Å². The van der Waals surface area contributed by atoms with Crippen LogP contribution < -0.4 is 15.6 Å². The van der Waals surface area contributed by atoms with Gasteiger partial charge in [0.15, 0.2) is 5.16 Å². The van der Waals surface area contributed by atoms with Gasteiger partial charge >= 0.3 is 0 Å². The zero-order valence-electron chi connectivity index (χ0n) is 19.3. The molecule has 1 N–H and O–H groups in total. The fraction of sp³-hybridized carbons (Fsp3) is 0.346. The second-order valence-corrected chi connectivity index (χ2v) is 9.29. The number of aromatic nitrogens is 2. The van der Waals surface area contributed by atoms with Crippen LogP contribution in [0.15, 0.2) is 58.5 Å². The topological polar surface area (TPSA) is 73.2 Å². The quantitative estimate of drug-likeness (QED) is 0.288. The number of nitrogens with zero attached hydrogens (tertiary/aromatic N) is 2. The predicted octanol–water partition coefficient (Wildman–Crippen LogP) is 5.03. The number of aryl methyl sites for hydroxylation is 1. The third kappa shape index (κ3) is 5.14. The first kappa shape index (κ1) is 23.1. The molecule has 0 radical (unpaired) electrons. The normalized spacial score (nSPS) is 15.1. The molecule has 3 aromatic rings. The standard InChI is InChI=1S/C26H29N3O3S/c1-4-5-13-32-21-12-7-6-11-19(21)20-15-22(30)27-24-23(20)25(31)28-26(29(24)3)33-16-18-10-8-9-17(2)14-18/h6-12,14,20H,4-5,13,15-16H2,1-3H3,(H,27,30). The summed E-state index contributed by atoms with van der Waals surface area (Å²) >= 11 is 1.49. The molecule has 7 heteroatoms. The molecule has 1 aliphatic heterocycles. The first-order valence-corrected chi connectivity index (χ1v) is 12.3. The number of amides is 1. The number of thioether (sulfide) groups is 1. The zero-order chi connectivity index (χ0) is 23.4. The van der Waals surface area contributed by atoms with Crippen molar-refractivity contribution in [3.05, 3.63) is 81.1 Å². The molecule has 0 spiro atoms. The molecule has 0 saturated carbocycles. The Bertz CT molecular complexity index is 1220. The molecule has 0 aliphatic carbocycles. The minimum absolute atomic E-state index is 0.119. The van der Waals surface area contributed by atoms with E-state index in [9.17, 15) is 9.59 Å². The number of carbonyl (C=O) groups excluding carboxylic acids is 1. The first-order valence-electron chi connectivity index (χ1n) is 11.3. The average molecular weight is 464 g/mol. The van der Waals surface area contributed by atoms with E-state index >= 15 is 0 Å². The van der Waals surface area contributed by atoms with E-state index in [2.05, 4.69) is 42.3 Å². The van der Waals surface area contributed by atoms with Crippen molar-refractivity contribution in [2.24, 2.45) is 7.05 Å². The highest BCUT2D eigenvalue weighted by molar-refractivity contribution is 7.98. The second-order valence-electron chi connectivity index (χ2n) is 8.34. The summed E-state index contributed by atoms with van der Waals surface area (Å²) in [4.78, 5) is 30.3. The number of benzene rings is 2. The number of nitrogens with one attached hydrogen (secondary N) is 1. The van der Waals surface area contributed by atoms with E-state index in [-0.39, 0.29) is 17.9 Å². The van der Waals surface area contributed by atoms with Crippen molar-refractivity contribution in [3.63, 3.8) is 0 Å². The molecule has 0 fully saturated rings. The van der Waals surface area contributed by atoms with Gasteiger partial charge in [-0.05, 0) is 25.0 Å². The number of hydrogen-bond donors (Lipinski definition) is 1. The van der Waals surface area contributed by atoms with Crippen LogP contribution in [0.4, 0.5) is 5.82 Å². The molecule has 1 amide bonds. The van der Waals surface area contributed by atoms with E-state index in [1.165, 1.54) is 17.3 Å². The minimum Gasteiger partial charge on any atom is -0.493 e. The number of ether oxygens (including phenoxy) is 1. The van der Waals surface area contributed by atoms with Crippen LogP contribution in [0.5, 0.6) is 5.75 Å². The Morgan fingerprint density at radius 2 is 2.00 bits per heavy atom. The summed E-state index contributed by atoms with van der Waals surface area (Å²) in [6.07, 6.45) is 2.17. The largest absolute Gasteiger partial charge is 0.493 e. The molecule has 1 unspecified atom stereocenters. The Kier molecular flexibility index (Phi) is 7.18. The molecule has 4 rings (SSSR count). The van der Waals surface area contributed by atoms with Crippen LogP contribution >= 0.6 is 11.8 Å². The molecule has 0 bridgehead atoms. The summed E-state index contributed by atoms with van der Waals surface area (Å²) < 4.78 is 7.83. The molecule has 33 heavy (non-hydrogen) atoms. The van der Waals surface area contributed by atoms with Crippen molar-refractivity contribution in [2.75, 3.05) is 11.9 Å². The number of anilines is 1. The van der Waals surface area contributed by atoms with Crippen molar-refractivity contribution in [1.29, 1.82) is 0 Å².